The fourth-order valence-electron chi connectivity index (χ4n) is 1.40. The molecule has 1 aromatic heterocycles. The van der Waals surface area contributed by atoms with Gasteiger partial charge in [-0.1, -0.05) is 6.08 Å². The number of hydrogen-bond donors (Lipinski definition) is 0. The lowest BCUT2D eigenvalue weighted by molar-refractivity contribution is 0.929. The Morgan fingerprint density at radius 1 is 1.50 bits per heavy atom. The quantitative estimate of drug-likeness (QED) is 0.684. The van der Waals surface area contributed by atoms with Gasteiger partial charge >= 0.3 is 0 Å². The van der Waals surface area contributed by atoms with Crippen LogP contribution in [0.5, 0.6) is 0 Å². The minimum atomic E-state index is 0.593. The van der Waals surface area contributed by atoms with Crippen LogP contribution in [0.3, 0.4) is 0 Å². The lowest BCUT2D eigenvalue weighted by Gasteiger charge is -2.04. The van der Waals surface area contributed by atoms with E-state index in [4.69, 9.17) is 0 Å². The molecular formula is C9H11NS2. The summed E-state index contributed by atoms with van der Waals surface area (Å²) in [4.78, 5) is 5.93. The molecular weight excluding hydrogens is 186 g/mol. The highest BCUT2D eigenvalue weighted by atomic mass is 32.2. The molecule has 0 aromatic carbocycles. The van der Waals surface area contributed by atoms with E-state index in [9.17, 15) is 0 Å². The first-order chi connectivity index (χ1) is 5.77. The third-order valence-corrected chi connectivity index (χ3v) is 3.93. The van der Waals surface area contributed by atoms with E-state index in [0.29, 0.717) is 5.25 Å². The molecule has 1 aliphatic rings. The topological polar surface area (TPSA) is 12.9 Å². The van der Waals surface area contributed by atoms with Crippen LogP contribution in [-0.4, -0.2) is 4.98 Å². The van der Waals surface area contributed by atoms with Crippen molar-refractivity contribution < 1.29 is 0 Å². The van der Waals surface area contributed by atoms with Crippen molar-refractivity contribution in [2.24, 2.45) is 0 Å². The third-order valence-electron chi connectivity index (χ3n) is 1.93. The number of aromatic nitrogens is 1. The molecule has 2 rings (SSSR count). The first-order valence-electron chi connectivity index (χ1n) is 4.02. The van der Waals surface area contributed by atoms with E-state index in [1.807, 2.05) is 11.8 Å². The smallest absolute Gasteiger partial charge is 0.0900 e. The molecule has 1 nitrogen and oxygen atoms in total. The molecule has 0 bridgehead atoms. The van der Waals surface area contributed by atoms with Crippen molar-refractivity contribution in [1.82, 2.24) is 4.98 Å². The summed E-state index contributed by atoms with van der Waals surface area (Å²) in [5.74, 6) is 0. The standard InChI is InChI=1S/C9H11NS2/c1-6-9(10-7(2)12-6)8-4-3-5-11-8/h3,5,8H,4H2,1-2H3. The Morgan fingerprint density at radius 2 is 2.33 bits per heavy atom. The highest BCUT2D eigenvalue weighted by Crippen LogP contribution is 2.40. The fourth-order valence-corrected chi connectivity index (χ4v) is 3.35. The zero-order valence-electron chi connectivity index (χ0n) is 7.20. The van der Waals surface area contributed by atoms with Gasteiger partial charge in [0.25, 0.3) is 0 Å². The first-order valence-corrected chi connectivity index (χ1v) is 5.77. The second-order valence-electron chi connectivity index (χ2n) is 2.91. The molecule has 1 unspecified atom stereocenters. The van der Waals surface area contributed by atoms with Crippen molar-refractivity contribution >= 4 is 23.1 Å². The van der Waals surface area contributed by atoms with Crippen molar-refractivity contribution in [2.45, 2.75) is 25.5 Å². The molecule has 2 heterocycles. The van der Waals surface area contributed by atoms with E-state index < -0.39 is 0 Å². The van der Waals surface area contributed by atoms with E-state index in [1.165, 1.54) is 15.6 Å². The van der Waals surface area contributed by atoms with Crippen LogP contribution >= 0.6 is 23.1 Å². The van der Waals surface area contributed by atoms with Crippen LogP contribution in [0, 0.1) is 13.8 Å². The van der Waals surface area contributed by atoms with Crippen LogP contribution in [0.25, 0.3) is 0 Å². The van der Waals surface area contributed by atoms with Gasteiger partial charge in [-0.3, -0.25) is 0 Å². The van der Waals surface area contributed by atoms with E-state index >= 15 is 0 Å². The monoisotopic (exact) mass is 197 g/mol. The molecule has 1 aromatic rings. The molecule has 0 aliphatic carbocycles. The van der Waals surface area contributed by atoms with Crippen molar-refractivity contribution in [3.63, 3.8) is 0 Å². The largest absolute Gasteiger partial charge is 0.245 e. The zero-order chi connectivity index (χ0) is 8.55. The van der Waals surface area contributed by atoms with Gasteiger partial charge in [-0.15, -0.1) is 23.1 Å². The lowest BCUT2D eigenvalue weighted by Crippen LogP contribution is -1.91. The van der Waals surface area contributed by atoms with Gasteiger partial charge in [-0.2, -0.15) is 0 Å². The molecule has 3 heteroatoms. The summed E-state index contributed by atoms with van der Waals surface area (Å²) in [5, 5.41) is 3.96. The van der Waals surface area contributed by atoms with E-state index in [2.05, 4.69) is 30.3 Å². The Bertz CT molecular complexity index is 306. The molecule has 1 aliphatic heterocycles. The highest BCUT2D eigenvalue weighted by molar-refractivity contribution is 8.02. The number of nitrogens with zero attached hydrogens (tertiary/aromatic N) is 1. The van der Waals surface area contributed by atoms with Gasteiger partial charge in [0.15, 0.2) is 0 Å². The molecule has 0 spiro atoms. The number of thioether (sulfide) groups is 1. The van der Waals surface area contributed by atoms with Crippen LogP contribution in [0.15, 0.2) is 11.5 Å². The molecule has 1 atom stereocenters. The van der Waals surface area contributed by atoms with Gasteiger partial charge in [0.2, 0.25) is 0 Å². The maximum Gasteiger partial charge on any atom is 0.0900 e. The second kappa shape index (κ2) is 3.23. The number of thiazole rings is 1. The predicted molar refractivity (Wildman–Crippen MR) is 55.7 cm³/mol. The number of hydrogen-bond acceptors (Lipinski definition) is 3. The Balaban J connectivity index is 2.27. The van der Waals surface area contributed by atoms with Crippen molar-refractivity contribution in [3.05, 3.63) is 27.1 Å². The summed E-state index contributed by atoms with van der Waals surface area (Å²) in [6.07, 6.45) is 3.37. The second-order valence-corrected chi connectivity index (χ2v) is 5.43. The molecule has 0 fully saturated rings. The maximum absolute atomic E-state index is 4.55. The summed E-state index contributed by atoms with van der Waals surface area (Å²) in [6, 6.07) is 0. The minimum Gasteiger partial charge on any atom is -0.245 e. The van der Waals surface area contributed by atoms with Gasteiger partial charge in [0, 0.05) is 4.88 Å². The van der Waals surface area contributed by atoms with Crippen LogP contribution in [0.2, 0.25) is 0 Å². The Labute approximate surface area is 80.9 Å². The van der Waals surface area contributed by atoms with Gasteiger partial charge in [-0.05, 0) is 25.7 Å². The summed E-state index contributed by atoms with van der Waals surface area (Å²) in [6.45, 7) is 4.24. The fraction of sp³-hybridized carbons (Fsp3) is 0.444. The molecule has 0 N–H and O–H groups in total. The highest BCUT2D eigenvalue weighted by Gasteiger charge is 2.18. The van der Waals surface area contributed by atoms with Gasteiger partial charge < -0.3 is 0 Å². The van der Waals surface area contributed by atoms with E-state index in [-0.39, 0.29) is 0 Å². The Hall–Kier alpha value is -0.280. The van der Waals surface area contributed by atoms with Gasteiger partial charge in [0.05, 0.1) is 16.0 Å². The maximum atomic E-state index is 4.55. The molecule has 64 valence electrons. The minimum absolute atomic E-state index is 0.593. The molecule has 0 saturated heterocycles. The lowest BCUT2D eigenvalue weighted by atomic mass is 10.2. The Morgan fingerprint density at radius 3 is 2.83 bits per heavy atom. The average molecular weight is 197 g/mol. The first kappa shape index (κ1) is 8.32. The predicted octanol–water partition coefficient (Wildman–Crippen LogP) is 3.45. The van der Waals surface area contributed by atoms with E-state index in [0.717, 1.165) is 6.42 Å². The van der Waals surface area contributed by atoms with Crippen LogP contribution < -0.4 is 0 Å². The number of aryl methyl sites for hydroxylation is 2. The molecule has 0 saturated carbocycles. The third kappa shape index (κ3) is 1.43. The zero-order valence-corrected chi connectivity index (χ0v) is 8.84. The van der Waals surface area contributed by atoms with Crippen molar-refractivity contribution in [3.8, 4) is 0 Å². The van der Waals surface area contributed by atoms with Crippen LogP contribution in [0.1, 0.15) is 27.2 Å². The molecule has 0 amide bonds. The van der Waals surface area contributed by atoms with Crippen LogP contribution in [-0.2, 0) is 0 Å². The van der Waals surface area contributed by atoms with Crippen molar-refractivity contribution in [1.29, 1.82) is 0 Å². The van der Waals surface area contributed by atoms with Gasteiger partial charge in [-0.25, -0.2) is 4.98 Å². The molecule has 12 heavy (non-hydrogen) atoms. The number of allylic oxidation sites excluding steroid dienone is 1. The van der Waals surface area contributed by atoms with E-state index in [1.54, 1.807) is 11.3 Å². The SMILES string of the molecule is Cc1nc(C2CC=CS2)c(C)s1. The summed E-state index contributed by atoms with van der Waals surface area (Å²) >= 11 is 3.69. The van der Waals surface area contributed by atoms with Gasteiger partial charge in [0.1, 0.15) is 0 Å². The van der Waals surface area contributed by atoms with Crippen LogP contribution in [0.4, 0.5) is 0 Å². The average Bonchev–Trinajstić information content (AvgIpc) is 2.58. The normalized spacial score (nSPS) is 22.0. The summed E-state index contributed by atoms with van der Waals surface area (Å²) in [7, 11) is 0. The Kier molecular flexibility index (Phi) is 2.24. The van der Waals surface area contributed by atoms with Crippen molar-refractivity contribution in [2.75, 3.05) is 0 Å². The number of rotatable bonds is 1. The summed E-state index contributed by atoms with van der Waals surface area (Å²) in [5.41, 5.74) is 1.30. The molecule has 0 radical (unpaired) electrons. The summed E-state index contributed by atoms with van der Waals surface area (Å²) < 4.78 is 0.